The minimum atomic E-state index is 0.0775. The Morgan fingerprint density at radius 3 is 2.25 bits per heavy atom. The molecule has 46 valence electrons. The summed E-state index contributed by atoms with van der Waals surface area (Å²) in [7, 11) is 0. The van der Waals surface area contributed by atoms with Gasteiger partial charge in [-0.05, 0) is 37.5 Å². The number of hydrogen-bond acceptors (Lipinski definition) is 1. The minimum absolute atomic E-state index is 0.0775. The fourth-order valence-corrected chi connectivity index (χ4v) is 2.21. The fraction of sp³-hybridized carbons (Fsp3) is 1.00. The average molecular weight is 112 g/mol. The third kappa shape index (κ3) is 0.510. The highest BCUT2D eigenvalue weighted by atomic mass is 16.3. The Labute approximate surface area is 49.7 Å². The third-order valence-corrected chi connectivity index (χ3v) is 2.70. The van der Waals surface area contributed by atoms with Crippen molar-refractivity contribution in [3.05, 3.63) is 0 Å². The van der Waals surface area contributed by atoms with Gasteiger partial charge < -0.3 is 5.11 Å². The van der Waals surface area contributed by atoms with Crippen molar-refractivity contribution in [2.24, 2.45) is 11.8 Å². The van der Waals surface area contributed by atoms with Crippen LogP contribution in [0.3, 0.4) is 0 Å². The van der Waals surface area contributed by atoms with E-state index in [0.717, 1.165) is 12.3 Å². The van der Waals surface area contributed by atoms with E-state index < -0.39 is 0 Å². The predicted octanol–water partition coefficient (Wildman–Crippen LogP) is 1.17. The van der Waals surface area contributed by atoms with Crippen molar-refractivity contribution in [2.45, 2.75) is 31.8 Å². The number of hydrogen-bond donors (Lipinski definition) is 1. The molecule has 1 nitrogen and oxygen atoms in total. The van der Waals surface area contributed by atoms with Crippen molar-refractivity contribution in [1.82, 2.24) is 0 Å². The van der Waals surface area contributed by atoms with E-state index in [0.29, 0.717) is 5.92 Å². The summed E-state index contributed by atoms with van der Waals surface area (Å²) in [5.74, 6) is 1.59. The van der Waals surface area contributed by atoms with Gasteiger partial charge in [0, 0.05) is 0 Å². The Hall–Kier alpha value is -0.0400. The first-order valence-electron chi connectivity index (χ1n) is 3.54. The normalized spacial score (nSPS) is 52.9. The van der Waals surface area contributed by atoms with Crippen LogP contribution in [0, 0.1) is 11.8 Å². The van der Waals surface area contributed by atoms with Gasteiger partial charge in [-0.25, -0.2) is 0 Å². The lowest BCUT2D eigenvalue weighted by molar-refractivity contribution is 0.113. The zero-order valence-corrected chi connectivity index (χ0v) is 5.01. The number of aliphatic hydroxyl groups excluding tert-OH is 1. The lowest BCUT2D eigenvalue weighted by Crippen LogP contribution is -2.14. The van der Waals surface area contributed by atoms with Gasteiger partial charge >= 0.3 is 0 Å². The molecule has 2 fully saturated rings. The van der Waals surface area contributed by atoms with Gasteiger partial charge in [0.15, 0.2) is 0 Å². The molecule has 1 N–H and O–H groups in total. The van der Waals surface area contributed by atoms with E-state index in [1.54, 1.807) is 0 Å². The van der Waals surface area contributed by atoms with Crippen molar-refractivity contribution < 1.29 is 5.11 Å². The van der Waals surface area contributed by atoms with Crippen LogP contribution < -0.4 is 0 Å². The maximum atomic E-state index is 9.22. The van der Waals surface area contributed by atoms with Gasteiger partial charge in [-0.1, -0.05) is 0 Å². The topological polar surface area (TPSA) is 20.2 Å². The van der Waals surface area contributed by atoms with Crippen LogP contribution in [0.2, 0.25) is 0 Å². The molecule has 0 aromatic heterocycles. The highest BCUT2D eigenvalue weighted by Crippen LogP contribution is 2.44. The molecule has 0 unspecified atom stereocenters. The molecular formula is C7H12O. The second-order valence-corrected chi connectivity index (χ2v) is 3.24. The smallest absolute Gasteiger partial charge is 0.0571 e. The molecular weight excluding hydrogens is 100 g/mol. The molecule has 2 aliphatic carbocycles. The summed E-state index contributed by atoms with van der Waals surface area (Å²) in [4.78, 5) is 0. The molecule has 2 aliphatic rings. The van der Waals surface area contributed by atoms with E-state index in [-0.39, 0.29) is 6.10 Å². The maximum Gasteiger partial charge on any atom is 0.0571 e. The molecule has 2 bridgehead atoms. The van der Waals surface area contributed by atoms with Gasteiger partial charge in [0.25, 0.3) is 0 Å². The fourth-order valence-electron chi connectivity index (χ4n) is 2.21. The van der Waals surface area contributed by atoms with Gasteiger partial charge in [-0.15, -0.1) is 0 Å². The largest absolute Gasteiger partial charge is 0.393 e. The molecule has 8 heavy (non-hydrogen) atoms. The summed E-state index contributed by atoms with van der Waals surface area (Å²) in [6.45, 7) is 0. The van der Waals surface area contributed by atoms with Crippen molar-refractivity contribution in [1.29, 1.82) is 0 Å². The second-order valence-electron chi connectivity index (χ2n) is 3.24. The lowest BCUT2D eigenvalue weighted by atomic mass is 9.98. The molecule has 3 atom stereocenters. The first-order valence-corrected chi connectivity index (χ1v) is 3.54. The first-order chi connectivity index (χ1) is 3.86. The second kappa shape index (κ2) is 1.47. The standard InChI is InChI=1S/C7H12O/c8-7-4-5-1-2-6(7)3-5/h5-8H,1-4H2/t5-,6+,7-/m1/s1. The van der Waals surface area contributed by atoms with Crippen molar-refractivity contribution in [3.63, 3.8) is 0 Å². The summed E-state index contributed by atoms with van der Waals surface area (Å²) in [5.41, 5.74) is 0. The van der Waals surface area contributed by atoms with E-state index in [1.807, 2.05) is 0 Å². The SMILES string of the molecule is O[C@@H]1C[C@@H]2CC[C@H]1C2. The van der Waals surface area contributed by atoms with Gasteiger partial charge in [-0.2, -0.15) is 0 Å². The Balaban J connectivity index is 2.11. The highest BCUT2D eigenvalue weighted by Gasteiger charge is 2.38. The number of rotatable bonds is 0. The zero-order valence-electron chi connectivity index (χ0n) is 5.01. The number of fused-ring (bicyclic) bond motifs is 2. The Morgan fingerprint density at radius 2 is 2.00 bits per heavy atom. The molecule has 0 heterocycles. The Morgan fingerprint density at radius 1 is 1.12 bits per heavy atom. The van der Waals surface area contributed by atoms with Crippen LogP contribution in [0.5, 0.6) is 0 Å². The van der Waals surface area contributed by atoms with E-state index in [1.165, 1.54) is 19.3 Å². The molecule has 0 aromatic rings. The van der Waals surface area contributed by atoms with Gasteiger partial charge in [-0.3, -0.25) is 0 Å². The highest BCUT2D eigenvalue weighted by molar-refractivity contribution is 4.89. The molecule has 0 saturated heterocycles. The van der Waals surface area contributed by atoms with Crippen LogP contribution in [-0.2, 0) is 0 Å². The third-order valence-electron chi connectivity index (χ3n) is 2.70. The monoisotopic (exact) mass is 112 g/mol. The van der Waals surface area contributed by atoms with Gasteiger partial charge in [0.1, 0.15) is 0 Å². The molecule has 0 aliphatic heterocycles. The number of aliphatic hydroxyl groups is 1. The lowest BCUT2D eigenvalue weighted by Gasteiger charge is -2.14. The van der Waals surface area contributed by atoms with Crippen LogP contribution in [0.15, 0.2) is 0 Å². The summed E-state index contributed by atoms with van der Waals surface area (Å²) in [6.07, 6.45) is 5.19. The average Bonchev–Trinajstić information content (AvgIpc) is 2.23. The molecule has 1 heteroatoms. The molecule has 2 saturated carbocycles. The Bertz CT molecular complexity index is 98.6. The molecule has 0 amide bonds. The van der Waals surface area contributed by atoms with E-state index in [2.05, 4.69) is 0 Å². The quantitative estimate of drug-likeness (QED) is 0.498. The molecule has 0 radical (unpaired) electrons. The summed E-state index contributed by atoms with van der Waals surface area (Å²) in [5, 5.41) is 9.22. The van der Waals surface area contributed by atoms with Crippen molar-refractivity contribution >= 4 is 0 Å². The maximum absolute atomic E-state index is 9.22. The van der Waals surface area contributed by atoms with Crippen LogP contribution in [-0.4, -0.2) is 11.2 Å². The van der Waals surface area contributed by atoms with E-state index >= 15 is 0 Å². The zero-order chi connectivity index (χ0) is 5.56. The molecule has 0 aromatic carbocycles. The summed E-state index contributed by atoms with van der Waals surface area (Å²) < 4.78 is 0. The van der Waals surface area contributed by atoms with Gasteiger partial charge in [0.2, 0.25) is 0 Å². The first kappa shape index (κ1) is 4.80. The van der Waals surface area contributed by atoms with E-state index in [4.69, 9.17) is 0 Å². The van der Waals surface area contributed by atoms with E-state index in [9.17, 15) is 5.11 Å². The summed E-state index contributed by atoms with van der Waals surface area (Å²) >= 11 is 0. The molecule has 0 spiro atoms. The predicted molar refractivity (Wildman–Crippen MR) is 31.5 cm³/mol. The Kier molecular flexibility index (Phi) is 0.884. The van der Waals surface area contributed by atoms with Crippen LogP contribution in [0.4, 0.5) is 0 Å². The van der Waals surface area contributed by atoms with Crippen LogP contribution in [0.25, 0.3) is 0 Å². The van der Waals surface area contributed by atoms with Crippen molar-refractivity contribution in [2.75, 3.05) is 0 Å². The minimum Gasteiger partial charge on any atom is -0.393 e. The van der Waals surface area contributed by atoms with Crippen LogP contribution in [0.1, 0.15) is 25.7 Å². The van der Waals surface area contributed by atoms with Crippen molar-refractivity contribution in [3.8, 4) is 0 Å². The van der Waals surface area contributed by atoms with Gasteiger partial charge in [0.05, 0.1) is 6.10 Å². The summed E-state index contributed by atoms with van der Waals surface area (Å²) in [6, 6.07) is 0. The molecule has 2 rings (SSSR count). The van der Waals surface area contributed by atoms with Crippen LogP contribution >= 0.6 is 0 Å².